The monoisotopic (exact) mass is 388 g/mol. The molecule has 29 heavy (non-hydrogen) atoms. The quantitative estimate of drug-likeness (QED) is 0.728. The number of amides is 1. The average molecular weight is 388 g/mol. The van der Waals surface area contributed by atoms with E-state index >= 15 is 0 Å². The standard InChI is InChI=1S/C23H24N4O2/c1-24-23(28)21-9-8-20(25-26-21)19-13-16(7-10-22(19)29-2)14-27-12-11-17-5-3-4-6-18(17)15-27/h3-10,13H,11-12,14-15H2,1-2H3,(H,24,28). The summed E-state index contributed by atoms with van der Waals surface area (Å²) < 4.78 is 5.53. The second kappa shape index (κ2) is 8.41. The number of aromatic nitrogens is 2. The zero-order chi connectivity index (χ0) is 20.2. The molecule has 6 heteroatoms. The van der Waals surface area contributed by atoms with Gasteiger partial charge in [-0.2, -0.15) is 0 Å². The van der Waals surface area contributed by atoms with Gasteiger partial charge in [0.05, 0.1) is 12.8 Å². The summed E-state index contributed by atoms with van der Waals surface area (Å²) in [6.45, 7) is 2.85. The van der Waals surface area contributed by atoms with Crippen molar-refractivity contribution in [3.63, 3.8) is 0 Å². The Bertz CT molecular complexity index is 1020. The first-order valence-electron chi connectivity index (χ1n) is 9.70. The minimum Gasteiger partial charge on any atom is -0.496 e. The van der Waals surface area contributed by atoms with Crippen LogP contribution in [0.1, 0.15) is 27.2 Å². The molecule has 1 aromatic heterocycles. The Labute approximate surface area is 170 Å². The van der Waals surface area contributed by atoms with E-state index in [1.807, 2.05) is 6.07 Å². The Kier molecular flexibility index (Phi) is 5.53. The summed E-state index contributed by atoms with van der Waals surface area (Å²) in [6.07, 6.45) is 1.08. The van der Waals surface area contributed by atoms with Gasteiger partial charge < -0.3 is 10.1 Å². The first kappa shape index (κ1) is 19.1. The summed E-state index contributed by atoms with van der Waals surface area (Å²) in [5.74, 6) is 0.481. The molecule has 3 aromatic rings. The molecule has 6 nitrogen and oxygen atoms in total. The van der Waals surface area contributed by atoms with Crippen molar-refractivity contribution in [1.82, 2.24) is 20.4 Å². The van der Waals surface area contributed by atoms with E-state index in [-0.39, 0.29) is 5.91 Å². The van der Waals surface area contributed by atoms with Gasteiger partial charge in [0, 0.05) is 32.2 Å². The average Bonchev–Trinajstić information content (AvgIpc) is 2.78. The fraction of sp³-hybridized carbons (Fsp3) is 0.261. The lowest BCUT2D eigenvalue weighted by atomic mass is 9.99. The van der Waals surface area contributed by atoms with Crippen molar-refractivity contribution in [1.29, 1.82) is 0 Å². The Hall–Kier alpha value is -3.25. The molecule has 4 rings (SSSR count). The van der Waals surface area contributed by atoms with Crippen LogP contribution in [0, 0.1) is 0 Å². The second-order valence-corrected chi connectivity index (χ2v) is 7.15. The van der Waals surface area contributed by atoms with E-state index in [4.69, 9.17) is 4.74 Å². The summed E-state index contributed by atoms with van der Waals surface area (Å²) in [7, 11) is 3.22. The Balaban J connectivity index is 1.56. The largest absolute Gasteiger partial charge is 0.496 e. The molecule has 0 aliphatic carbocycles. The molecule has 2 heterocycles. The number of methoxy groups -OCH3 is 1. The van der Waals surface area contributed by atoms with Gasteiger partial charge in [-0.15, -0.1) is 10.2 Å². The van der Waals surface area contributed by atoms with Crippen LogP contribution in [0.5, 0.6) is 5.75 Å². The molecule has 0 saturated heterocycles. The molecule has 0 fully saturated rings. The van der Waals surface area contributed by atoms with E-state index in [1.165, 1.54) is 16.7 Å². The normalized spacial score (nSPS) is 13.6. The lowest BCUT2D eigenvalue weighted by Gasteiger charge is -2.29. The van der Waals surface area contributed by atoms with Gasteiger partial charge in [-0.25, -0.2) is 0 Å². The Morgan fingerprint density at radius 3 is 2.66 bits per heavy atom. The SMILES string of the molecule is CNC(=O)c1ccc(-c2cc(CN3CCc4ccccc4C3)ccc2OC)nn1. The molecule has 1 aliphatic rings. The molecule has 0 atom stereocenters. The van der Waals surface area contributed by atoms with Gasteiger partial charge in [0.15, 0.2) is 5.69 Å². The summed E-state index contributed by atoms with van der Waals surface area (Å²) in [4.78, 5) is 14.2. The lowest BCUT2D eigenvalue weighted by Crippen LogP contribution is -2.29. The molecule has 0 saturated carbocycles. The summed E-state index contributed by atoms with van der Waals surface area (Å²) in [6, 6.07) is 18.3. The Morgan fingerprint density at radius 1 is 1.10 bits per heavy atom. The predicted octanol–water partition coefficient (Wildman–Crippen LogP) is 3.07. The van der Waals surface area contributed by atoms with E-state index in [9.17, 15) is 4.79 Å². The first-order valence-corrected chi connectivity index (χ1v) is 9.70. The molecule has 1 amide bonds. The number of hydrogen-bond acceptors (Lipinski definition) is 5. The minimum absolute atomic E-state index is 0.254. The molecule has 0 radical (unpaired) electrons. The molecular weight excluding hydrogens is 364 g/mol. The topological polar surface area (TPSA) is 67.4 Å². The number of rotatable bonds is 5. The molecule has 0 spiro atoms. The predicted molar refractivity (Wildman–Crippen MR) is 112 cm³/mol. The highest BCUT2D eigenvalue weighted by atomic mass is 16.5. The fourth-order valence-corrected chi connectivity index (χ4v) is 3.73. The van der Waals surface area contributed by atoms with Crippen LogP contribution in [-0.4, -0.2) is 41.7 Å². The number of nitrogens with one attached hydrogen (secondary N) is 1. The molecule has 0 unspecified atom stereocenters. The van der Waals surface area contributed by atoms with Gasteiger partial charge in [-0.3, -0.25) is 9.69 Å². The van der Waals surface area contributed by atoms with Crippen LogP contribution < -0.4 is 10.1 Å². The van der Waals surface area contributed by atoms with Crippen LogP contribution in [0.15, 0.2) is 54.6 Å². The molecule has 1 N–H and O–H groups in total. The van der Waals surface area contributed by atoms with Crippen molar-refractivity contribution in [3.8, 4) is 17.0 Å². The summed E-state index contributed by atoms with van der Waals surface area (Å²) >= 11 is 0. The van der Waals surface area contributed by atoms with Crippen LogP contribution in [0.3, 0.4) is 0 Å². The van der Waals surface area contributed by atoms with Crippen molar-refractivity contribution in [3.05, 3.63) is 77.0 Å². The fourth-order valence-electron chi connectivity index (χ4n) is 3.73. The number of fused-ring (bicyclic) bond motifs is 1. The highest BCUT2D eigenvalue weighted by Crippen LogP contribution is 2.30. The van der Waals surface area contributed by atoms with Crippen molar-refractivity contribution < 1.29 is 9.53 Å². The number of hydrogen-bond donors (Lipinski definition) is 1. The summed E-state index contributed by atoms with van der Waals surface area (Å²) in [5, 5.41) is 10.8. The van der Waals surface area contributed by atoms with E-state index in [2.05, 4.69) is 56.8 Å². The number of carbonyl (C=O) groups is 1. The van der Waals surface area contributed by atoms with Gasteiger partial charge in [-0.1, -0.05) is 30.3 Å². The van der Waals surface area contributed by atoms with Crippen LogP contribution >= 0.6 is 0 Å². The molecule has 1 aliphatic heterocycles. The minimum atomic E-state index is -0.254. The Morgan fingerprint density at radius 2 is 1.93 bits per heavy atom. The van der Waals surface area contributed by atoms with Crippen LogP contribution in [0.4, 0.5) is 0 Å². The smallest absolute Gasteiger partial charge is 0.271 e. The number of benzene rings is 2. The van der Waals surface area contributed by atoms with E-state index in [1.54, 1.807) is 26.3 Å². The van der Waals surface area contributed by atoms with Crippen molar-refractivity contribution in [2.75, 3.05) is 20.7 Å². The molecule has 148 valence electrons. The lowest BCUT2D eigenvalue weighted by molar-refractivity contribution is 0.0957. The number of nitrogens with zero attached hydrogens (tertiary/aromatic N) is 3. The molecule has 0 bridgehead atoms. The van der Waals surface area contributed by atoms with E-state index in [0.29, 0.717) is 11.4 Å². The maximum absolute atomic E-state index is 11.7. The van der Waals surface area contributed by atoms with Crippen molar-refractivity contribution in [2.45, 2.75) is 19.5 Å². The van der Waals surface area contributed by atoms with Gasteiger partial charge in [0.25, 0.3) is 5.91 Å². The summed E-state index contributed by atoms with van der Waals surface area (Å²) in [5.41, 5.74) is 5.89. The van der Waals surface area contributed by atoms with Gasteiger partial charge in [0.2, 0.25) is 0 Å². The number of ether oxygens (including phenoxy) is 1. The van der Waals surface area contributed by atoms with Gasteiger partial charge in [0.1, 0.15) is 5.75 Å². The van der Waals surface area contributed by atoms with Crippen LogP contribution in [0.2, 0.25) is 0 Å². The highest BCUT2D eigenvalue weighted by Gasteiger charge is 2.17. The molecule has 2 aromatic carbocycles. The van der Waals surface area contributed by atoms with Crippen LogP contribution in [0.25, 0.3) is 11.3 Å². The zero-order valence-corrected chi connectivity index (χ0v) is 16.7. The van der Waals surface area contributed by atoms with Crippen molar-refractivity contribution >= 4 is 5.91 Å². The van der Waals surface area contributed by atoms with E-state index < -0.39 is 0 Å². The second-order valence-electron chi connectivity index (χ2n) is 7.15. The maximum Gasteiger partial charge on any atom is 0.271 e. The van der Waals surface area contributed by atoms with Crippen molar-refractivity contribution in [2.24, 2.45) is 0 Å². The maximum atomic E-state index is 11.7. The third kappa shape index (κ3) is 4.12. The number of carbonyl (C=O) groups excluding carboxylic acids is 1. The van der Waals surface area contributed by atoms with E-state index in [0.717, 1.165) is 37.4 Å². The first-order chi connectivity index (χ1) is 14.2. The molecular formula is C23H24N4O2. The van der Waals surface area contributed by atoms with Gasteiger partial charge in [-0.05, 0) is 47.4 Å². The third-order valence-electron chi connectivity index (χ3n) is 5.28. The van der Waals surface area contributed by atoms with Crippen LogP contribution in [-0.2, 0) is 19.5 Å². The zero-order valence-electron chi connectivity index (χ0n) is 16.7. The van der Waals surface area contributed by atoms with Gasteiger partial charge >= 0.3 is 0 Å². The third-order valence-corrected chi connectivity index (χ3v) is 5.28. The highest BCUT2D eigenvalue weighted by molar-refractivity contribution is 5.92.